The molecule has 142 valence electrons. The molecule has 0 saturated heterocycles. The Bertz CT molecular complexity index is 1010. The van der Waals surface area contributed by atoms with Gasteiger partial charge in [-0.25, -0.2) is 4.79 Å². The standard InChI is InChI=1S/C19H19NO6S/c1-12-9-15-11-17(7-8-18(15)20(12)13(2)21)27(23,24)26-16-6-4-5-14(10-16)19(22)25-3/h4-8,10-12H,9H2,1-3H3/t12-/m0/s1. The molecule has 0 bridgehead atoms. The van der Waals surface area contributed by atoms with Gasteiger partial charge in [-0.3, -0.25) is 4.79 Å². The van der Waals surface area contributed by atoms with Crippen molar-refractivity contribution in [3.05, 3.63) is 53.6 Å². The van der Waals surface area contributed by atoms with Gasteiger partial charge in [0.05, 0.1) is 12.7 Å². The van der Waals surface area contributed by atoms with Gasteiger partial charge in [-0.05, 0) is 55.3 Å². The highest BCUT2D eigenvalue weighted by Crippen LogP contribution is 2.34. The molecule has 3 rings (SSSR count). The second-order valence-corrected chi connectivity index (χ2v) is 7.84. The number of benzene rings is 2. The van der Waals surface area contributed by atoms with Crippen molar-refractivity contribution in [3.63, 3.8) is 0 Å². The van der Waals surface area contributed by atoms with Crippen LogP contribution < -0.4 is 9.08 Å². The minimum absolute atomic E-state index is 0.0112. The third-order valence-electron chi connectivity index (χ3n) is 4.36. The van der Waals surface area contributed by atoms with E-state index in [-0.39, 0.29) is 28.2 Å². The van der Waals surface area contributed by atoms with Crippen LogP contribution in [-0.2, 0) is 26.1 Å². The zero-order chi connectivity index (χ0) is 19.8. The highest BCUT2D eigenvalue weighted by Gasteiger charge is 2.30. The molecule has 2 aromatic carbocycles. The van der Waals surface area contributed by atoms with Gasteiger partial charge in [0.25, 0.3) is 0 Å². The summed E-state index contributed by atoms with van der Waals surface area (Å²) in [5, 5.41) is 0. The van der Waals surface area contributed by atoms with Gasteiger partial charge in [0.2, 0.25) is 5.91 Å². The summed E-state index contributed by atoms with van der Waals surface area (Å²) in [4.78, 5) is 25.0. The summed E-state index contributed by atoms with van der Waals surface area (Å²) in [6.45, 7) is 3.39. The molecule has 8 heteroatoms. The molecule has 7 nitrogen and oxygen atoms in total. The number of esters is 1. The van der Waals surface area contributed by atoms with E-state index in [0.29, 0.717) is 12.1 Å². The fraction of sp³-hybridized carbons (Fsp3) is 0.263. The molecule has 0 unspecified atom stereocenters. The molecule has 0 aliphatic carbocycles. The predicted octanol–water partition coefficient (Wildman–Crippen LogP) is 2.54. The van der Waals surface area contributed by atoms with Crippen LogP contribution in [0.5, 0.6) is 5.75 Å². The van der Waals surface area contributed by atoms with Gasteiger partial charge >= 0.3 is 16.1 Å². The van der Waals surface area contributed by atoms with Crippen LogP contribution in [0, 0.1) is 0 Å². The lowest BCUT2D eigenvalue weighted by Crippen LogP contribution is -2.33. The van der Waals surface area contributed by atoms with E-state index in [1.54, 1.807) is 11.0 Å². The molecule has 1 amide bonds. The summed E-state index contributed by atoms with van der Waals surface area (Å²) >= 11 is 0. The number of fused-ring (bicyclic) bond motifs is 1. The number of anilines is 1. The van der Waals surface area contributed by atoms with E-state index in [0.717, 1.165) is 5.56 Å². The Morgan fingerprint density at radius 3 is 2.56 bits per heavy atom. The van der Waals surface area contributed by atoms with Crippen molar-refractivity contribution < 1.29 is 26.9 Å². The number of carbonyl (C=O) groups excluding carboxylic acids is 2. The first kappa shape index (κ1) is 18.9. The SMILES string of the molecule is COC(=O)c1cccc(OS(=O)(=O)c2ccc3c(c2)C[C@H](C)N3C(C)=O)c1. The van der Waals surface area contributed by atoms with E-state index < -0.39 is 16.1 Å². The number of hydrogen-bond acceptors (Lipinski definition) is 6. The average Bonchev–Trinajstić information content (AvgIpc) is 2.95. The summed E-state index contributed by atoms with van der Waals surface area (Å²) in [5.41, 5.74) is 1.66. The second-order valence-electron chi connectivity index (χ2n) is 6.29. The van der Waals surface area contributed by atoms with E-state index in [9.17, 15) is 18.0 Å². The minimum Gasteiger partial charge on any atom is -0.465 e. The summed E-state index contributed by atoms with van der Waals surface area (Å²) in [5.74, 6) is -0.668. The maximum absolute atomic E-state index is 12.6. The van der Waals surface area contributed by atoms with Crippen LogP contribution in [0.25, 0.3) is 0 Å². The largest absolute Gasteiger partial charge is 0.465 e. The molecular formula is C19H19NO6S. The van der Waals surface area contributed by atoms with Gasteiger partial charge in [-0.2, -0.15) is 8.42 Å². The smallest absolute Gasteiger partial charge is 0.339 e. The van der Waals surface area contributed by atoms with E-state index in [1.165, 1.54) is 50.4 Å². The Morgan fingerprint density at radius 2 is 1.89 bits per heavy atom. The normalized spacial score (nSPS) is 16.0. The highest BCUT2D eigenvalue weighted by molar-refractivity contribution is 7.87. The monoisotopic (exact) mass is 389 g/mol. The third-order valence-corrected chi connectivity index (χ3v) is 5.60. The topological polar surface area (TPSA) is 90.0 Å². The molecule has 0 radical (unpaired) electrons. The van der Waals surface area contributed by atoms with E-state index in [1.807, 2.05) is 6.92 Å². The first-order chi connectivity index (χ1) is 12.7. The Hall–Kier alpha value is -2.87. The molecule has 0 N–H and O–H groups in total. The molecule has 0 spiro atoms. The summed E-state index contributed by atoms with van der Waals surface area (Å²) < 4.78 is 35.0. The van der Waals surface area contributed by atoms with Crippen LogP contribution in [0.15, 0.2) is 47.4 Å². The number of amides is 1. The number of ether oxygens (including phenoxy) is 1. The number of rotatable bonds is 4. The lowest BCUT2D eigenvalue weighted by molar-refractivity contribution is -0.116. The van der Waals surface area contributed by atoms with E-state index in [4.69, 9.17) is 4.18 Å². The first-order valence-corrected chi connectivity index (χ1v) is 9.69. The summed E-state index contributed by atoms with van der Waals surface area (Å²) in [6, 6.07) is 10.3. The van der Waals surface area contributed by atoms with E-state index >= 15 is 0 Å². The van der Waals surface area contributed by atoms with Crippen LogP contribution >= 0.6 is 0 Å². The van der Waals surface area contributed by atoms with Gasteiger partial charge in [0.1, 0.15) is 10.6 Å². The second kappa shape index (κ2) is 7.03. The Labute approximate surface area is 157 Å². The Balaban J connectivity index is 1.90. The van der Waals surface area contributed by atoms with Gasteiger partial charge in [-0.15, -0.1) is 0 Å². The van der Waals surface area contributed by atoms with Crippen molar-refractivity contribution in [1.29, 1.82) is 0 Å². The number of hydrogen-bond donors (Lipinski definition) is 0. The molecule has 0 saturated carbocycles. The van der Waals surface area contributed by atoms with Crippen LogP contribution in [0.4, 0.5) is 5.69 Å². The molecule has 1 aliphatic heterocycles. The number of methoxy groups -OCH3 is 1. The number of carbonyl (C=O) groups is 2. The van der Waals surface area contributed by atoms with Gasteiger partial charge in [0.15, 0.2) is 0 Å². The van der Waals surface area contributed by atoms with Crippen molar-refractivity contribution in [3.8, 4) is 5.75 Å². The predicted molar refractivity (Wildman–Crippen MR) is 98.4 cm³/mol. The lowest BCUT2D eigenvalue weighted by Gasteiger charge is -2.20. The molecule has 27 heavy (non-hydrogen) atoms. The van der Waals surface area contributed by atoms with Crippen LogP contribution in [0.2, 0.25) is 0 Å². The van der Waals surface area contributed by atoms with Crippen LogP contribution in [-0.4, -0.2) is 33.4 Å². The van der Waals surface area contributed by atoms with Gasteiger partial charge in [0, 0.05) is 18.7 Å². The molecule has 2 aromatic rings. The van der Waals surface area contributed by atoms with Gasteiger partial charge in [-0.1, -0.05) is 6.07 Å². The lowest BCUT2D eigenvalue weighted by atomic mass is 10.1. The minimum atomic E-state index is -4.09. The molecule has 0 fully saturated rings. The van der Waals surface area contributed by atoms with Crippen molar-refractivity contribution in [2.75, 3.05) is 12.0 Å². The molecule has 1 atom stereocenters. The highest BCUT2D eigenvalue weighted by atomic mass is 32.2. The maximum Gasteiger partial charge on any atom is 0.339 e. The fourth-order valence-electron chi connectivity index (χ4n) is 3.21. The zero-order valence-electron chi connectivity index (χ0n) is 15.1. The third kappa shape index (κ3) is 3.66. The fourth-order valence-corrected chi connectivity index (χ4v) is 4.18. The van der Waals surface area contributed by atoms with Crippen molar-refractivity contribution >= 4 is 27.7 Å². The quantitative estimate of drug-likeness (QED) is 0.590. The zero-order valence-corrected chi connectivity index (χ0v) is 15.9. The maximum atomic E-state index is 12.6. The van der Waals surface area contributed by atoms with Crippen molar-refractivity contribution in [2.24, 2.45) is 0 Å². The molecular weight excluding hydrogens is 370 g/mol. The molecule has 0 aromatic heterocycles. The van der Waals surface area contributed by atoms with Crippen molar-refractivity contribution in [2.45, 2.75) is 31.2 Å². The van der Waals surface area contributed by atoms with Gasteiger partial charge < -0.3 is 13.8 Å². The molecule has 1 aliphatic rings. The Morgan fingerprint density at radius 1 is 1.15 bits per heavy atom. The Kier molecular flexibility index (Phi) is 4.93. The average molecular weight is 389 g/mol. The molecule has 1 heterocycles. The van der Waals surface area contributed by atoms with Crippen molar-refractivity contribution in [1.82, 2.24) is 0 Å². The van der Waals surface area contributed by atoms with Crippen LogP contribution in [0.3, 0.4) is 0 Å². The first-order valence-electron chi connectivity index (χ1n) is 8.28. The van der Waals surface area contributed by atoms with E-state index in [2.05, 4.69) is 4.74 Å². The summed E-state index contributed by atoms with van der Waals surface area (Å²) in [7, 11) is -2.86. The summed E-state index contributed by atoms with van der Waals surface area (Å²) in [6.07, 6.45) is 0.566. The van der Waals surface area contributed by atoms with Crippen LogP contribution in [0.1, 0.15) is 29.8 Å². The number of nitrogens with zero attached hydrogens (tertiary/aromatic N) is 1.